The van der Waals surface area contributed by atoms with Crippen LogP contribution in [0.1, 0.15) is 27.7 Å². The number of para-hydroxylation sites is 1. The SMILES string of the molecule is CC1(C)OB(c2ccc3c4ccc(Br)cc4n(-c4ccccc4)c3c2)OC1(C)C. The zero-order chi connectivity index (χ0) is 20.4. The van der Waals surface area contributed by atoms with Gasteiger partial charge in [-0.25, -0.2) is 0 Å². The first-order valence-corrected chi connectivity index (χ1v) is 10.7. The van der Waals surface area contributed by atoms with Gasteiger partial charge in [-0.2, -0.15) is 0 Å². The van der Waals surface area contributed by atoms with Crippen LogP contribution in [0.15, 0.2) is 71.2 Å². The molecular weight excluding hydrogens is 425 g/mol. The van der Waals surface area contributed by atoms with Gasteiger partial charge in [-0.05, 0) is 63.5 Å². The summed E-state index contributed by atoms with van der Waals surface area (Å²) in [5.41, 5.74) is 3.78. The van der Waals surface area contributed by atoms with E-state index in [9.17, 15) is 0 Å². The third-order valence-electron chi connectivity index (χ3n) is 6.29. The van der Waals surface area contributed by atoms with Crippen LogP contribution in [-0.2, 0) is 9.31 Å². The molecule has 0 amide bonds. The van der Waals surface area contributed by atoms with Crippen molar-refractivity contribution in [3.05, 3.63) is 71.2 Å². The summed E-state index contributed by atoms with van der Waals surface area (Å²) in [6, 6.07) is 23.4. The summed E-state index contributed by atoms with van der Waals surface area (Å²) < 4.78 is 16.0. The van der Waals surface area contributed by atoms with Gasteiger partial charge in [0.15, 0.2) is 0 Å². The molecule has 2 heterocycles. The second-order valence-electron chi connectivity index (χ2n) is 8.70. The van der Waals surface area contributed by atoms with Gasteiger partial charge >= 0.3 is 7.12 Å². The number of aromatic nitrogens is 1. The summed E-state index contributed by atoms with van der Waals surface area (Å²) >= 11 is 3.64. The van der Waals surface area contributed by atoms with E-state index >= 15 is 0 Å². The Kier molecular flexibility index (Phi) is 4.22. The Morgan fingerprint density at radius 3 is 2.00 bits per heavy atom. The maximum Gasteiger partial charge on any atom is 0.494 e. The standard InChI is InChI=1S/C24H23BBrNO2/c1-23(2)24(3,4)29-25(28-23)16-10-12-19-20-13-11-17(26)15-22(20)27(21(19)14-16)18-8-6-5-7-9-18/h5-15H,1-4H3. The minimum Gasteiger partial charge on any atom is -0.399 e. The van der Waals surface area contributed by atoms with Gasteiger partial charge in [0.05, 0.1) is 22.2 Å². The lowest BCUT2D eigenvalue weighted by Crippen LogP contribution is -2.41. The smallest absolute Gasteiger partial charge is 0.399 e. The van der Waals surface area contributed by atoms with Crippen molar-refractivity contribution in [1.29, 1.82) is 0 Å². The molecule has 146 valence electrons. The highest BCUT2D eigenvalue weighted by Crippen LogP contribution is 2.37. The Morgan fingerprint density at radius 2 is 1.34 bits per heavy atom. The highest BCUT2D eigenvalue weighted by molar-refractivity contribution is 9.10. The Bertz CT molecular complexity index is 1210. The minimum absolute atomic E-state index is 0.358. The Hall–Kier alpha value is -2.08. The molecule has 0 unspecified atom stereocenters. The van der Waals surface area contributed by atoms with Crippen molar-refractivity contribution in [3.63, 3.8) is 0 Å². The third kappa shape index (κ3) is 2.95. The molecule has 0 atom stereocenters. The fourth-order valence-corrected chi connectivity index (χ4v) is 4.34. The van der Waals surface area contributed by atoms with E-state index < -0.39 is 0 Å². The average Bonchev–Trinajstić information content (AvgIpc) is 3.11. The van der Waals surface area contributed by atoms with Crippen molar-refractivity contribution in [3.8, 4) is 5.69 Å². The monoisotopic (exact) mass is 447 g/mol. The van der Waals surface area contributed by atoms with E-state index in [4.69, 9.17) is 9.31 Å². The molecule has 0 bridgehead atoms. The van der Waals surface area contributed by atoms with Gasteiger partial charge in [-0.1, -0.05) is 52.3 Å². The normalized spacial score (nSPS) is 18.0. The van der Waals surface area contributed by atoms with Crippen LogP contribution in [0.4, 0.5) is 0 Å². The first kappa shape index (κ1) is 18.9. The minimum atomic E-state index is -0.377. The van der Waals surface area contributed by atoms with Gasteiger partial charge in [0.1, 0.15) is 0 Å². The van der Waals surface area contributed by atoms with Gasteiger partial charge in [-0.3, -0.25) is 0 Å². The molecule has 0 aliphatic carbocycles. The molecule has 1 saturated heterocycles. The highest BCUT2D eigenvalue weighted by Gasteiger charge is 2.51. The van der Waals surface area contributed by atoms with Crippen LogP contribution < -0.4 is 5.46 Å². The highest BCUT2D eigenvalue weighted by atomic mass is 79.9. The molecule has 0 spiro atoms. The van der Waals surface area contributed by atoms with Gasteiger partial charge in [0.25, 0.3) is 0 Å². The Balaban J connectivity index is 1.75. The van der Waals surface area contributed by atoms with Gasteiger partial charge in [0.2, 0.25) is 0 Å². The molecule has 3 aromatic carbocycles. The molecule has 1 fully saturated rings. The number of hydrogen-bond donors (Lipinski definition) is 0. The topological polar surface area (TPSA) is 23.4 Å². The summed E-state index contributed by atoms with van der Waals surface area (Å²) in [7, 11) is -0.377. The summed E-state index contributed by atoms with van der Waals surface area (Å²) in [4.78, 5) is 0. The lowest BCUT2D eigenvalue weighted by Gasteiger charge is -2.32. The fraction of sp³-hybridized carbons (Fsp3) is 0.250. The summed E-state index contributed by atoms with van der Waals surface area (Å²) in [6.45, 7) is 8.35. The van der Waals surface area contributed by atoms with Crippen LogP contribution in [0.2, 0.25) is 0 Å². The van der Waals surface area contributed by atoms with E-state index in [1.54, 1.807) is 0 Å². The van der Waals surface area contributed by atoms with Crippen LogP contribution in [-0.4, -0.2) is 22.9 Å². The lowest BCUT2D eigenvalue weighted by molar-refractivity contribution is 0.00578. The second-order valence-corrected chi connectivity index (χ2v) is 9.61. The fourth-order valence-electron chi connectivity index (χ4n) is 3.99. The number of rotatable bonds is 2. The number of fused-ring (bicyclic) bond motifs is 3. The van der Waals surface area contributed by atoms with Crippen molar-refractivity contribution in [2.75, 3.05) is 0 Å². The van der Waals surface area contributed by atoms with E-state index in [2.05, 4.69) is 109 Å². The molecule has 1 aliphatic rings. The Labute approximate surface area is 179 Å². The molecule has 0 saturated carbocycles. The molecule has 4 aromatic rings. The van der Waals surface area contributed by atoms with Crippen LogP contribution in [0.3, 0.4) is 0 Å². The molecule has 1 aliphatic heterocycles. The van der Waals surface area contributed by atoms with Crippen LogP contribution >= 0.6 is 15.9 Å². The van der Waals surface area contributed by atoms with E-state index in [1.807, 2.05) is 6.07 Å². The van der Waals surface area contributed by atoms with Crippen molar-refractivity contribution in [2.24, 2.45) is 0 Å². The third-order valence-corrected chi connectivity index (χ3v) is 6.79. The number of halogens is 1. The summed E-state index contributed by atoms with van der Waals surface area (Å²) in [6.07, 6.45) is 0. The van der Waals surface area contributed by atoms with Gasteiger partial charge < -0.3 is 13.9 Å². The van der Waals surface area contributed by atoms with Crippen molar-refractivity contribution in [1.82, 2.24) is 4.57 Å². The molecule has 0 N–H and O–H groups in total. The molecule has 0 radical (unpaired) electrons. The molecule has 1 aromatic heterocycles. The predicted molar refractivity (Wildman–Crippen MR) is 124 cm³/mol. The lowest BCUT2D eigenvalue weighted by atomic mass is 9.79. The van der Waals surface area contributed by atoms with Gasteiger partial charge in [0, 0.05) is 20.9 Å². The second kappa shape index (κ2) is 6.46. The van der Waals surface area contributed by atoms with E-state index in [0.29, 0.717) is 0 Å². The summed E-state index contributed by atoms with van der Waals surface area (Å²) in [5, 5.41) is 2.45. The van der Waals surface area contributed by atoms with Crippen molar-refractivity contribution >= 4 is 50.3 Å². The maximum atomic E-state index is 6.30. The quantitative estimate of drug-likeness (QED) is 0.360. The zero-order valence-corrected chi connectivity index (χ0v) is 18.7. The molecule has 3 nitrogen and oxygen atoms in total. The van der Waals surface area contributed by atoms with Crippen molar-refractivity contribution in [2.45, 2.75) is 38.9 Å². The number of benzene rings is 3. The maximum absolute atomic E-state index is 6.30. The predicted octanol–water partition coefficient (Wildman–Crippen LogP) is 5.85. The average molecular weight is 448 g/mol. The first-order chi connectivity index (χ1) is 13.8. The van der Waals surface area contributed by atoms with E-state index in [-0.39, 0.29) is 18.3 Å². The largest absolute Gasteiger partial charge is 0.494 e. The van der Waals surface area contributed by atoms with Crippen molar-refractivity contribution < 1.29 is 9.31 Å². The number of hydrogen-bond acceptors (Lipinski definition) is 2. The van der Waals surface area contributed by atoms with E-state index in [1.165, 1.54) is 16.3 Å². The number of nitrogens with zero attached hydrogens (tertiary/aromatic N) is 1. The van der Waals surface area contributed by atoms with E-state index in [0.717, 1.165) is 21.1 Å². The first-order valence-electron chi connectivity index (χ1n) is 9.91. The molecular formula is C24H23BBrNO2. The molecule has 29 heavy (non-hydrogen) atoms. The van der Waals surface area contributed by atoms with Crippen LogP contribution in [0.25, 0.3) is 27.5 Å². The van der Waals surface area contributed by atoms with Crippen LogP contribution in [0, 0.1) is 0 Å². The zero-order valence-electron chi connectivity index (χ0n) is 17.1. The summed E-state index contributed by atoms with van der Waals surface area (Å²) in [5.74, 6) is 0. The Morgan fingerprint density at radius 1 is 0.759 bits per heavy atom. The van der Waals surface area contributed by atoms with Crippen LogP contribution in [0.5, 0.6) is 0 Å². The van der Waals surface area contributed by atoms with Gasteiger partial charge in [-0.15, -0.1) is 0 Å². The molecule has 5 rings (SSSR count). The molecule has 5 heteroatoms.